The molecule has 2 heterocycles. The van der Waals surface area contributed by atoms with Gasteiger partial charge in [0.2, 0.25) is 5.91 Å². The smallest absolute Gasteiger partial charge is 0.234 e. The molecule has 1 aliphatic carbocycles. The van der Waals surface area contributed by atoms with Gasteiger partial charge in [-0.2, -0.15) is 0 Å². The summed E-state index contributed by atoms with van der Waals surface area (Å²) in [6.07, 6.45) is 4.57. The molecule has 23 heavy (non-hydrogen) atoms. The second-order valence-corrected chi connectivity index (χ2v) is 6.82. The number of anilines is 1. The van der Waals surface area contributed by atoms with Crippen molar-refractivity contribution in [3.05, 3.63) is 17.6 Å². The van der Waals surface area contributed by atoms with Gasteiger partial charge in [0.15, 0.2) is 0 Å². The molecule has 3 rings (SSSR count). The van der Waals surface area contributed by atoms with Crippen molar-refractivity contribution in [1.82, 2.24) is 20.6 Å². The summed E-state index contributed by atoms with van der Waals surface area (Å²) in [6.45, 7) is 7.21. The first kappa shape index (κ1) is 16.2. The highest BCUT2D eigenvalue weighted by Gasteiger charge is 2.23. The van der Waals surface area contributed by atoms with Crippen LogP contribution >= 0.6 is 0 Å². The van der Waals surface area contributed by atoms with Gasteiger partial charge in [-0.1, -0.05) is 0 Å². The summed E-state index contributed by atoms with van der Waals surface area (Å²) >= 11 is 0. The highest BCUT2D eigenvalue weighted by atomic mass is 16.1. The lowest BCUT2D eigenvalue weighted by Crippen LogP contribution is -2.47. The molecule has 0 spiro atoms. The number of carbonyl (C=O) groups is 1. The lowest BCUT2D eigenvalue weighted by Gasteiger charge is -2.33. The summed E-state index contributed by atoms with van der Waals surface area (Å²) in [6, 6.07) is 2.32. The number of nitrogens with one attached hydrogen (secondary N) is 2. The van der Waals surface area contributed by atoms with E-state index in [0.29, 0.717) is 6.54 Å². The maximum atomic E-state index is 11.9. The molecule has 1 saturated heterocycles. The van der Waals surface area contributed by atoms with Gasteiger partial charge in [0.05, 0.1) is 6.54 Å². The Balaban J connectivity index is 1.41. The minimum Gasteiger partial charge on any atom is -0.356 e. The molecular weight excluding hydrogens is 290 g/mol. The molecule has 0 unspecified atom stereocenters. The third-order valence-electron chi connectivity index (χ3n) is 4.55. The van der Waals surface area contributed by atoms with Gasteiger partial charge >= 0.3 is 0 Å². The molecule has 0 atom stereocenters. The van der Waals surface area contributed by atoms with Crippen LogP contribution in [0, 0.1) is 19.8 Å². The number of rotatable bonds is 6. The van der Waals surface area contributed by atoms with Crippen molar-refractivity contribution in [1.29, 1.82) is 0 Å². The molecule has 6 nitrogen and oxygen atoms in total. The van der Waals surface area contributed by atoms with E-state index in [1.54, 1.807) is 0 Å². The molecule has 2 aliphatic rings. The zero-order valence-corrected chi connectivity index (χ0v) is 14.1. The van der Waals surface area contributed by atoms with Crippen molar-refractivity contribution in [2.24, 2.45) is 5.92 Å². The van der Waals surface area contributed by atoms with Crippen LogP contribution in [0.25, 0.3) is 0 Å². The fraction of sp³-hybridized carbons (Fsp3) is 0.706. The van der Waals surface area contributed by atoms with E-state index in [2.05, 4.69) is 25.5 Å². The average molecular weight is 317 g/mol. The molecule has 1 amide bonds. The van der Waals surface area contributed by atoms with Crippen LogP contribution in [-0.4, -0.2) is 48.1 Å². The quantitative estimate of drug-likeness (QED) is 0.824. The van der Waals surface area contributed by atoms with Gasteiger partial charge in [0, 0.05) is 30.9 Å². The maximum absolute atomic E-state index is 11.9. The monoisotopic (exact) mass is 317 g/mol. The van der Waals surface area contributed by atoms with Crippen LogP contribution in [0.3, 0.4) is 0 Å². The van der Waals surface area contributed by atoms with E-state index >= 15 is 0 Å². The molecule has 1 aliphatic heterocycles. The Morgan fingerprint density at radius 2 is 1.96 bits per heavy atom. The highest BCUT2D eigenvalue weighted by Crippen LogP contribution is 2.27. The normalized spacial score (nSPS) is 19.0. The molecule has 2 N–H and O–H groups in total. The number of nitrogens with zero attached hydrogens (tertiary/aromatic N) is 3. The van der Waals surface area contributed by atoms with E-state index in [0.717, 1.165) is 55.7 Å². The zero-order valence-electron chi connectivity index (χ0n) is 14.1. The van der Waals surface area contributed by atoms with E-state index in [9.17, 15) is 4.79 Å². The Kier molecular flexibility index (Phi) is 5.10. The van der Waals surface area contributed by atoms with Crippen LogP contribution in [0.4, 0.5) is 5.82 Å². The molecule has 0 bridgehead atoms. The van der Waals surface area contributed by atoms with Gasteiger partial charge in [0.1, 0.15) is 11.6 Å². The standard InChI is InChI=1S/C17H27N5O/c1-12-9-16(20-13(2)19-12)22-7-5-15(6-8-22)21-17(23)11-18-10-14-3-4-14/h9,14-15,18H,3-8,10-11H2,1-2H3,(H,21,23). The predicted molar refractivity (Wildman–Crippen MR) is 90.5 cm³/mol. The van der Waals surface area contributed by atoms with Gasteiger partial charge in [0.25, 0.3) is 0 Å². The van der Waals surface area contributed by atoms with Gasteiger partial charge in [-0.05, 0) is 52.0 Å². The van der Waals surface area contributed by atoms with E-state index < -0.39 is 0 Å². The van der Waals surface area contributed by atoms with Crippen LogP contribution in [0.2, 0.25) is 0 Å². The molecule has 1 saturated carbocycles. The summed E-state index contributed by atoms with van der Waals surface area (Å²) in [4.78, 5) is 23.1. The van der Waals surface area contributed by atoms with Crippen molar-refractivity contribution in [3.8, 4) is 0 Å². The lowest BCUT2D eigenvalue weighted by atomic mass is 10.0. The van der Waals surface area contributed by atoms with E-state index in [-0.39, 0.29) is 11.9 Å². The Bertz CT molecular complexity index is 530. The van der Waals surface area contributed by atoms with Crippen molar-refractivity contribution in [2.45, 2.75) is 45.6 Å². The highest BCUT2D eigenvalue weighted by molar-refractivity contribution is 5.78. The minimum atomic E-state index is 0.123. The third kappa shape index (κ3) is 4.89. The van der Waals surface area contributed by atoms with Gasteiger partial charge in [-0.3, -0.25) is 4.79 Å². The predicted octanol–water partition coefficient (Wildman–Crippen LogP) is 1.18. The van der Waals surface area contributed by atoms with Gasteiger partial charge in [-0.15, -0.1) is 0 Å². The molecule has 126 valence electrons. The van der Waals surface area contributed by atoms with Crippen molar-refractivity contribution < 1.29 is 4.79 Å². The van der Waals surface area contributed by atoms with Crippen LogP contribution < -0.4 is 15.5 Å². The first-order valence-corrected chi connectivity index (χ1v) is 8.67. The number of aryl methyl sites for hydroxylation is 2. The second kappa shape index (κ2) is 7.25. The van der Waals surface area contributed by atoms with Crippen molar-refractivity contribution in [2.75, 3.05) is 31.1 Å². The van der Waals surface area contributed by atoms with Crippen LogP contribution in [0.15, 0.2) is 6.07 Å². The first-order chi connectivity index (χ1) is 11.1. The molecular formula is C17H27N5O. The van der Waals surface area contributed by atoms with Crippen LogP contribution in [0.1, 0.15) is 37.2 Å². The van der Waals surface area contributed by atoms with Gasteiger partial charge in [-0.25, -0.2) is 9.97 Å². The van der Waals surface area contributed by atoms with Crippen molar-refractivity contribution in [3.63, 3.8) is 0 Å². The number of piperidine rings is 1. The third-order valence-corrected chi connectivity index (χ3v) is 4.55. The molecule has 2 fully saturated rings. The first-order valence-electron chi connectivity index (χ1n) is 8.67. The number of aromatic nitrogens is 2. The lowest BCUT2D eigenvalue weighted by molar-refractivity contribution is -0.121. The van der Waals surface area contributed by atoms with E-state index in [1.165, 1.54) is 12.8 Å². The van der Waals surface area contributed by atoms with Gasteiger partial charge < -0.3 is 15.5 Å². The van der Waals surface area contributed by atoms with Crippen molar-refractivity contribution >= 4 is 11.7 Å². The molecule has 1 aromatic heterocycles. The molecule has 1 aromatic rings. The maximum Gasteiger partial charge on any atom is 0.234 e. The summed E-state index contributed by atoms with van der Waals surface area (Å²) < 4.78 is 0. The Hall–Kier alpha value is -1.69. The minimum absolute atomic E-state index is 0.123. The summed E-state index contributed by atoms with van der Waals surface area (Å²) in [7, 11) is 0. The van der Waals surface area contributed by atoms with E-state index in [4.69, 9.17) is 0 Å². The summed E-state index contributed by atoms with van der Waals surface area (Å²) in [5.41, 5.74) is 1.00. The molecule has 0 radical (unpaired) electrons. The second-order valence-electron chi connectivity index (χ2n) is 6.82. The van der Waals surface area contributed by atoms with Crippen LogP contribution in [0.5, 0.6) is 0 Å². The summed E-state index contributed by atoms with van der Waals surface area (Å²) in [5, 5.41) is 6.39. The topological polar surface area (TPSA) is 70.2 Å². The SMILES string of the molecule is Cc1cc(N2CCC(NC(=O)CNCC3CC3)CC2)nc(C)n1. The average Bonchev–Trinajstić information content (AvgIpc) is 3.31. The zero-order chi connectivity index (χ0) is 16.2. The molecule has 0 aromatic carbocycles. The Morgan fingerprint density at radius 3 is 2.61 bits per heavy atom. The number of hydrogen-bond donors (Lipinski definition) is 2. The fourth-order valence-corrected chi connectivity index (χ4v) is 3.10. The van der Waals surface area contributed by atoms with E-state index in [1.807, 2.05) is 19.9 Å². The largest absolute Gasteiger partial charge is 0.356 e. The Morgan fingerprint density at radius 1 is 1.22 bits per heavy atom. The Labute approximate surface area is 138 Å². The number of hydrogen-bond acceptors (Lipinski definition) is 5. The molecule has 6 heteroatoms. The number of amides is 1. The fourth-order valence-electron chi connectivity index (χ4n) is 3.10. The summed E-state index contributed by atoms with van der Waals surface area (Å²) in [5.74, 6) is 2.76. The number of carbonyl (C=O) groups excluding carboxylic acids is 1. The van der Waals surface area contributed by atoms with Crippen LogP contribution in [-0.2, 0) is 4.79 Å².